The third kappa shape index (κ3) is 3.96. The van der Waals surface area contributed by atoms with Crippen LogP contribution in [-0.4, -0.2) is 16.7 Å². The highest BCUT2D eigenvalue weighted by Gasteiger charge is 2.16. The lowest BCUT2D eigenvalue weighted by Gasteiger charge is -2.20. The van der Waals surface area contributed by atoms with Gasteiger partial charge < -0.3 is 15.6 Å². The van der Waals surface area contributed by atoms with E-state index in [2.05, 4.69) is 25.8 Å². The Labute approximate surface area is 109 Å². The molecule has 0 saturated carbocycles. The Morgan fingerprint density at radius 1 is 1.44 bits per heavy atom. The number of aromatic hydroxyl groups is 1. The van der Waals surface area contributed by atoms with Crippen LogP contribution in [-0.2, 0) is 11.3 Å². The smallest absolute Gasteiger partial charge is 0.141 e. The van der Waals surface area contributed by atoms with Crippen molar-refractivity contribution in [2.24, 2.45) is 11.1 Å². The second-order valence-corrected chi connectivity index (χ2v) is 5.97. The van der Waals surface area contributed by atoms with E-state index in [4.69, 9.17) is 10.5 Å². The van der Waals surface area contributed by atoms with Gasteiger partial charge in [0.2, 0.25) is 0 Å². The van der Waals surface area contributed by atoms with E-state index in [0.717, 1.165) is 11.1 Å². The molecule has 0 aliphatic rings. The number of ether oxygens (including phenoxy) is 1. The van der Waals surface area contributed by atoms with Crippen molar-refractivity contribution in [3.05, 3.63) is 23.0 Å². The van der Waals surface area contributed by atoms with Crippen molar-refractivity contribution in [3.63, 3.8) is 0 Å². The summed E-state index contributed by atoms with van der Waals surface area (Å²) in [6, 6.07) is -0.236. The van der Waals surface area contributed by atoms with E-state index in [9.17, 15) is 5.11 Å². The number of hydrogen-bond donors (Lipinski definition) is 2. The molecule has 102 valence electrons. The second-order valence-electron chi connectivity index (χ2n) is 5.97. The number of aryl methyl sites for hydroxylation is 1. The van der Waals surface area contributed by atoms with Gasteiger partial charge >= 0.3 is 0 Å². The minimum absolute atomic E-state index is 0.120. The van der Waals surface area contributed by atoms with Crippen LogP contribution < -0.4 is 5.73 Å². The molecule has 0 spiro atoms. The summed E-state index contributed by atoms with van der Waals surface area (Å²) >= 11 is 0. The molecular formula is C14H24N2O2. The minimum Gasteiger partial charge on any atom is -0.506 e. The maximum Gasteiger partial charge on any atom is 0.141 e. The van der Waals surface area contributed by atoms with Crippen molar-refractivity contribution in [3.8, 4) is 5.75 Å². The average molecular weight is 252 g/mol. The predicted octanol–water partition coefficient (Wildman–Crippen LogP) is 2.68. The molecule has 1 rings (SSSR count). The predicted molar refractivity (Wildman–Crippen MR) is 72.4 cm³/mol. The topological polar surface area (TPSA) is 68.4 Å². The molecule has 1 aromatic rings. The molecule has 0 aromatic carbocycles. The molecule has 0 aliphatic carbocycles. The van der Waals surface area contributed by atoms with Crippen molar-refractivity contribution in [1.82, 2.24) is 4.98 Å². The maximum absolute atomic E-state index is 10.0. The number of nitrogens with two attached hydrogens (primary N) is 1. The Kier molecular flexibility index (Phi) is 4.71. The molecule has 0 aliphatic heterocycles. The van der Waals surface area contributed by atoms with E-state index < -0.39 is 0 Å². The molecule has 0 radical (unpaired) electrons. The van der Waals surface area contributed by atoms with E-state index in [-0.39, 0.29) is 17.2 Å². The summed E-state index contributed by atoms with van der Waals surface area (Å²) < 4.78 is 5.66. The first-order valence-corrected chi connectivity index (χ1v) is 6.23. The van der Waals surface area contributed by atoms with Gasteiger partial charge in [0.15, 0.2) is 0 Å². The SMILES string of the molecule is Cc1ncc(COCC(C)(C)C)c(C(C)N)c1O. The van der Waals surface area contributed by atoms with Gasteiger partial charge in [-0.2, -0.15) is 0 Å². The summed E-state index contributed by atoms with van der Waals surface area (Å²) in [5.74, 6) is 0.182. The second kappa shape index (κ2) is 5.67. The summed E-state index contributed by atoms with van der Waals surface area (Å²) in [4.78, 5) is 4.15. The first-order valence-electron chi connectivity index (χ1n) is 6.23. The summed E-state index contributed by atoms with van der Waals surface area (Å²) in [5, 5.41) is 10.0. The molecule has 18 heavy (non-hydrogen) atoms. The molecular weight excluding hydrogens is 228 g/mol. The molecule has 0 fully saturated rings. The zero-order valence-electron chi connectivity index (χ0n) is 11.9. The Hall–Kier alpha value is -1.13. The molecule has 1 heterocycles. The fourth-order valence-corrected chi connectivity index (χ4v) is 1.74. The normalized spacial score (nSPS) is 13.7. The molecule has 1 aromatic heterocycles. The van der Waals surface area contributed by atoms with Crippen LogP contribution >= 0.6 is 0 Å². The van der Waals surface area contributed by atoms with Crippen LogP contribution in [0, 0.1) is 12.3 Å². The molecule has 4 nitrogen and oxygen atoms in total. The van der Waals surface area contributed by atoms with Crippen molar-refractivity contribution in [2.75, 3.05) is 6.61 Å². The summed E-state index contributed by atoms with van der Waals surface area (Å²) in [6.45, 7) is 11.0. The number of rotatable bonds is 4. The highest BCUT2D eigenvalue weighted by Crippen LogP contribution is 2.29. The van der Waals surface area contributed by atoms with Gasteiger partial charge in [0.1, 0.15) is 5.75 Å². The van der Waals surface area contributed by atoms with Crippen LogP contribution in [0.3, 0.4) is 0 Å². The molecule has 3 N–H and O–H groups in total. The highest BCUT2D eigenvalue weighted by atomic mass is 16.5. The fourth-order valence-electron chi connectivity index (χ4n) is 1.74. The van der Waals surface area contributed by atoms with Crippen LogP contribution in [0.4, 0.5) is 0 Å². The van der Waals surface area contributed by atoms with Gasteiger partial charge in [-0.15, -0.1) is 0 Å². The molecule has 0 saturated heterocycles. The Morgan fingerprint density at radius 2 is 2.06 bits per heavy atom. The summed E-state index contributed by atoms with van der Waals surface area (Å²) in [6.07, 6.45) is 1.73. The number of hydrogen-bond acceptors (Lipinski definition) is 4. The Bertz CT molecular complexity index is 409. The van der Waals surface area contributed by atoms with Gasteiger partial charge in [0.25, 0.3) is 0 Å². The van der Waals surface area contributed by atoms with Crippen LogP contribution in [0.15, 0.2) is 6.20 Å². The van der Waals surface area contributed by atoms with Crippen LogP contribution in [0.25, 0.3) is 0 Å². The lowest BCUT2D eigenvalue weighted by atomic mass is 9.98. The van der Waals surface area contributed by atoms with Gasteiger partial charge in [0.05, 0.1) is 18.9 Å². The largest absolute Gasteiger partial charge is 0.506 e. The van der Waals surface area contributed by atoms with Crippen molar-refractivity contribution in [2.45, 2.75) is 47.3 Å². The number of nitrogens with zero attached hydrogens (tertiary/aromatic N) is 1. The zero-order valence-corrected chi connectivity index (χ0v) is 11.9. The standard InChI is InChI=1S/C14H24N2O2/c1-9(15)12-11(6-16-10(2)13(12)17)7-18-8-14(3,4)5/h6,9,17H,7-8,15H2,1-5H3. The first-order chi connectivity index (χ1) is 8.22. The van der Waals surface area contributed by atoms with Crippen molar-refractivity contribution in [1.29, 1.82) is 0 Å². The van der Waals surface area contributed by atoms with Crippen LogP contribution in [0.2, 0.25) is 0 Å². The summed E-state index contributed by atoms with van der Waals surface area (Å²) in [5.41, 5.74) is 8.21. The van der Waals surface area contributed by atoms with Crippen LogP contribution in [0.5, 0.6) is 5.75 Å². The quantitative estimate of drug-likeness (QED) is 0.864. The van der Waals surface area contributed by atoms with Crippen molar-refractivity contribution >= 4 is 0 Å². The number of aromatic nitrogens is 1. The van der Waals surface area contributed by atoms with E-state index in [1.807, 2.05) is 6.92 Å². The molecule has 1 unspecified atom stereocenters. The van der Waals surface area contributed by atoms with Crippen LogP contribution in [0.1, 0.15) is 50.6 Å². The average Bonchev–Trinajstić information content (AvgIpc) is 2.21. The van der Waals surface area contributed by atoms with Gasteiger partial charge in [-0.25, -0.2) is 0 Å². The third-order valence-electron chi connectivity index (χ3n) is 2.61. The molecule has 0 amide bonds. The zero-order chi connectivity index (χ0) is 13.9. The Balaban J connectivity index is 2.86. The van der Waals surface area contributed by atoms with E-state index >= 15 is 0 Å². The van der Waals surface area contributed by atoms with Crippen molar-refractivity contribution < 1.29 is 9.84 Å². The fraction of sp³-hybridized carbons (Fsp3) is 0.643. The van der Waals surface area contributed by atoms with Gasteiger partial charge in [0, 0.05) is 23.4 Å². The molecule has 4 heteroatoms. The first kappa shape index (κ1) is 14.9. The van der Waals surface area contributed by atoms with E-state index in [0.29, 0.717) is 18.9 Å². The van der Waals surface area contributed by atoms with Gasteiger partial charge in [-0.3, -0.25) is 4.98 Å². The monoisotopic (exact) mass is 252 g/mol. The summed E-state index contributed by atoms with van der Waals surface area (Å²) in [7, 11) is 0. The minimum atomic E-state index is -0.236. The molecule has 1 atom stereocenters. The van der Waals surface area contributed by atoms with Gasteiger partial charge in [-0.1, -0.05) is 20.8 Å². The van der Waals surface area contributed by atoms with E-state index in [1.165, 1.54) is 0 Å². The lowest BCUT2D eigenvalue weighted by molar-refractivity contribution is 0.0591. The molecule has 0 bridgehead atoms. The maximum atomic E-state index is 10.0. The third-order valence-corrected chi connectivity index (χ3v) is 2.61. The Morgan fingerprint density at radius 3 is 2.56 bits per heavy atom. The number of pyridine rings is 1. The highest BCUT2D eigenvalue weighted by molar-refractivity contribution is 5.42. The van der Waals surface area contributed by atoms with E-state index in [1.54, 1.807) is 13.1 Å². The van der Waals surface area contributed by atoms with Gasteiger partial charge in [-0.05, 0) is 19.3 Å². The lowest BCUT2D eigenvalue weighted by Crippen LogP contribution is -2.16.